The lowest BCUT2D eigenvalue weighted by Crippen LogP contribution is -2.05. The zero-order chi connectivity index (χ0) is 12.4. The number of hydrogen-bond acceptors (Lipinski definition) is 5. The van der Waals surface area contributed by atoms with Crippen molar-refractivity contribution < 1.29 is 9.18 Å². The summed E-state index contributed by atoms with van der Waals surface area (Å²) in [6.45, 7) is 0. The number of rotatable bonds is 2. The van der Waals surface area contributed by atoms with Gasteiger partial charge in [-0.3, -0.25) is 4.79 Å². The predicted molar refractivity (Wildman–Crippen MR) is 61.1 cm³/mol. The number of nitriles is 1. The van der Waals surface area contributed by atoms with Crippen molar-refractivity contribution in [3.63, 3.8) is 0 Å². The Kier molecular flexibility index (Phi) is 2.85. The van der Waals surface area contributed by atoms with E-state index >= 15 is 0 Å². The van der Waals surface area contributed by atoms with E-state index in [4.69, 9.17) is 11.0 Å². The molecule has 1 aromatic carbocycles. The topological polar surface area (TPSA) is 79.8 Å². The molecule has 84 valence electrons. The van der Waals surface area contributed by atoms with Gasteiger partial charge in [-0.2, -0.15) is 5.26 Å². The zero-order valence-corrected chi connectivity index (χ0v) is 9.29. The lowest BCUT2D eigenvalue weighted by atomic mass is 10.1. The summed E-state index contributed by atoms with van der Waals surface area (Å²) in [7, 11) is 0. The standard InChI is InChI=1S/C11H6FN3OS/c12-8-3-6(4-13)1-2-7(8)10(16)9-5-17-11(14)15-9/h1-3,5H,(H2,14,15). The first-order chi connectivity index (χ1) is 8.11. The van der Waals surface area contributed by atoms with E-state index in [2.05, 4.69) is 4.98 Å². The van der Waals surface area contributed by atoms with Gasteiger partial charge in [0.15, 0.2) is 5.13 Å². The number of aromatic nitrogens is 1. The quantitative estimate of drug-likeness (QED) is 0.823. The molecule has 0 aliphatic rings. The van der Waals surface area contributed by atoms with Gasteiger partial charge in [0.1, 0.15) is 11.5 Å². The maximum absolute atomic E-state index is 13.6. The van der Waals surface area contributed by atoms with Crippen molar-refractivity contribution in [3.8, 4) is 6.07 Å². The number of halogens is 1. The molecular weight excluding hydrogens is 241 g/mol. The first-order valence-corrected chi connectivity index (χ1v) is 5.45. The van der Waals surface area contributed by atoms with Crippen molar-refractivity contribution in [1.29, 1.82) is 5.26 Å². The largest absolute Gasteiger partial charge is 0.375 e. The van der Waals surface area contributed by atoms with E-state index in [0.29, 0.717) is 0 Å². The molecule has 0 spiro atoms. The predicted octanol–water partition coefficient (Wildman–Crippen LogP) is 1.97. The Hall–Kier alpha value is -2.26. The molecular formula is C11H6FN3OS. The highest BCUT2D eigenvalue weighted by molar-refractivity contribution is 7.13. The highest BCUT2D eigenvalue weighted by Gasteiger charge is 2.16. The first-order valence-electron chi connectivity index (χ1n) is 4.57. The smallest absolute Gasteiger partial charge is 0.215 e. The highest BCUT2D eigenvalue weighted by atomic mass is 32.1. The average molecular weight is 247 g/mol. The second-order valence-corrected chi connectivity index (χ2v) is 4.10. The number of anilines is 1. The van der Waals surface area contributed by atoms with Crippen molar-refractivity contribution in [2.24, 2.45) is 0 Å². The molecule has 0 saturated carbocycles. The van der Waals surface area contributed by atoms with Crippen molar-refractivity contribution in [2.45, 2.75) is 0 Å². The van der Waals surface area contributed by atoms with Gasteiger partial charge in [-0.15, -0.1) is 11.3 Å². The van der Waals surface area contributed by atoms with Crippen LogP contribution in [0.2, 0.25) is 0 Å². The van der Waals surface area contributed by atoms with E-state index in [1.807, 2.05) is 0 Å². The van der Waals surface area contributed by atoms with E-state index < -0.39 is 11.6 Å². The number of carbonyl (C=O) groups is 1. The molecule has 0 fully saturated rings. The molecule has 1 aromatic heterocycles. The van der Waals surface area contributed by atoms with Crippen LogP contribution in [0.4, 0.5) is 9.52 Å². The Labute approximate surface area is 100 Å². The fourth-order valence-electron chi connectivity index (χ4n) is 1.30. The Morgan fingerprint density at radius 3 is 2.82 bits per heavy atom. The molecule has 0 atom stereocenters. The molecule has 0 radical (unpaired) electrons. The summed E-state index contributed by atoms with van der Waals surface area (Å²) < 4.78 is 13.6. The monoisotopic (exact) mass is 247 g/mol. The SMILES string of the molecule is N#Cc1ccc(C(=O)c2csc(N)n2)c(F)c1. The summed E-state index contributed by atoms with van der Waals surface area (Å²) in [5.41, 5.74) is 5.55. The third-order valence-corrected chi connectivity index (χ3v) is 2.77. The molecule has 1 heterocycles. The molecule has 0 unspecified atom stereocenters. The fraction of sp³-hybridized carbons (Fsp3) is 0. The Balaban J connectivity index is 2.42. The number of nitrogens with two attached hydrogens (primary N) is 1. The molecule has 0 amide bonds. The van der Waals surface area contributed by atoms with Crippen LogP contribution >= 0.6 is 11.3 Å². The maximum atomic E-state index is 13.6. The van der Waals surface area contributed by atoms with Crippen molar-refractivity contribution >= 4 is 22.3 Å². The summed E-state index contributed by atoms with van der Waals surface area (Å²) in [6, 6.07) is 5.46. The molecule has 2 aromatic rings. The normalized spacial score (nSPS) is 9.88. The van der Waals surface area contributed by atoms with E-state index in [-0.39, 0.29) is 22.0 Å². The third kappa shape index (κ3) is 2.14. The summed E-state index contributed by atoms with van der Waals surface area (Å²) in [5.74, 6) is -1.28. The van der Waals surface area contributed by atoms with Gasteiger partial charge < -0.3 is 5.73 Å². The van der Waals surface area contributed by atoms with Gasteiger partial charge in [0.25, 0.3) is 0 Å². The molecule has 6 heteroatoms. The second kappa shape index (κ2) is 4.31. The number of ketones is 1. The minimum atomic E-state index is -0.736. The molecule has 4 nitrogen and oxygen atoms in total. The maximum Gasteiger partial charge on any atom is 0.215 e. The van der Waals surface area contributed by atoms with Crippen molar-refractivity contribution in [3.05, 3.63) is 46.2 Å². The molecule has 0 saturated heterocycles. The number of nitrogens with zero attached hydrogens (tertiary/aromatic N) is 2. The van der Waals surface area contributed by atoms with Gasteiger partial charge in [0.2, 0.25) is 5.78 Å². The van der Waals surface area contributed by atoms with Gasteiger partial charge in [-0.1, -0.05) is 0 Å². The van der Waals surface area contributed by atoms with Crippen LogP contribution in [0.1, 0.15) is 21.6 Å². The Morgan fingerprint density at radius 2 is 2.29 bits per heavy atom. The van der Waals surface area contributed by atoms with Crippen LogP contribution in [0.5, 0.6) is 0 Å². The summed E-state index contributed by atoms with van der Waals surface area (Å²) in [4.78, 5) is 15.6. The lowest BCUT2D eigenvalue weighted by molar-refractivity contribution is 0.103. The van der Waals surface area contributed by atoms with Crippen LogP contribution in [-0.2, 0) is 0 Å². The molecule has 2 N–H and O–H groups in total. The minimum absolute atomic E-state index is 0.108. The molecule has 17 heavy (non-hydrogen) atoms. The van der Waals surface area contributed by atoms with E-state index in [1.165, 1.54) is 17.5 Å². The van der Waals surface area contributed by atoms with Crippen LogP contribution in [0, 0.1) is 17.1 Å². The molecule has 0 bridgehead atoms. The van der Waals surface area contributed by atoms with E-state index in [1.54, 1.807) is 6.07 Å². The van der Waals surface area contributed by atoms with Crippen LogP contribution < -0.4 is 5.73 Å². The number of benzene rings is 1. The summed E-state index contributed by atoms with van der Waals surface area (Å²) in [6.07, 6.45) is 0. The van der Waals surface area contributed by atoms with Gasteiger partial charge >= 0.3 is 0 Å². The van der Waals surface area contributed by atoms with Gasteiger partial charge in [-0.25, -0.2) is 9.37 Å². The number of hydrogen-bond donors (Lipinski definition) is 1. The zero-order valence-electron chi connectivity index (χ0n) is 8.48. The van der Waals surface area contributed by atoms with Crippen LogP contribution in [-0.4, -0.2) is 10.8 Å². The van der Waals surface area contributed by atoms with Crippen molar-refractivity contribution in [1.82, 2.24) is 4.98 Å². The number of thiazole rings is 1. The second-order valence-electron chi connectivity index (χ2n) is 3.21. The Morgan fingerprint density at radius 1 is 1.53 bits per heavy atom. The van der Waals surface area contributed by atoms with Gasteiger partial charge in [-0.05, 0) is 18.2 Å². The summed E-state index contributed by atoms with van der Waals surface area (Å²) >= 11 is 1.11. The van der Waals surface area contributed by atoms with Crippen LogP contribution in [0.25, 0.3) is 0 Å². The average Bonchev–Trinajstić information content (AvgIpc) is 2.75. The first kappa shape index (κ1) is 11.2. The third-order valence-electron chi connectivity index (χ3n) is 2.10. The van der Waals surface area contributed by atoms with E-state index in [0.717, 1.165) is 17.4 Å². The van der Waals surface area contributed by atoms with Crippen molar-refractivity contribution in [2.75, 3.05) is 5.73 Å². The molecule has 0 aliphatic carbocycles. The number of nitrogen functional groups attached to an aromatic ring is 1. The minimum Gasteiger partial charge on any atom is -0.375 e. The Bertz CT molecular complexity index is 630. The fourth-order valence-corrected chi connectivity index (χ4v) is 1.84. The molecule has 0 aliphatic heterocycles. The van der Waals surface area contributed by atoms with Crippen LogP contribution in [0.3, 0.4) is 0 Å². The van der Waals surface area contributed by atoms with Crippen LogP contribution in [0.15, 0.2) is 23.6 Å². The number of carbonyl (C=O) groups excluding carboxylic acids is 1. The lowest BCUT2D eigenvalue weighted by Gasteiger charge is -1.99. The molecule has 2 rings (SSSR count). The highest BCUT2D eigenvalue weighted by Crippen LogP contribution is 2.18. The van der Waals surface area contributed by atoms with Gasteiger partial charge in [0.05, 0.1) is 17.2 Å². The van der Waals surface area contributed by atoms with Gasteiger partial charge in [0, 0.05) is 5.38 Å². The summed E-state index contributed by atoms with van der Waals surface area (Å²) in [5, 5.41) is 10.3. The van der Waals surface area contributed by atoms with E-state index in [9.17, 15) is 9.18 Å².